The van der Waals surface area contributed by atoms with Gasteiger partial charge < -0.3 is 19.1 Å². The van der Waals surface area contributed by atoms with Gasteiger partial charge >= 0.3 is 0 Å². The molecule has 0 N–H and O–H groups in total. The number of carbonyl (C=O) groups is 1. The highest BCUT2D eigenvalue weighted by atomic mass is 19.1. The molecule has 1 aromatic rings. The molecule has 0 spiro atoms. The fraction of sp³-hybridized carbons (Fsp3) is 0.562. The molecule has 1 amide bonds. The topological polar surface area (TPSA) is 48.0 Å². The molecule has 0 unspecified atom stereocenters. The highest BCUT2D eigenvalue weighted by molar-refractivity contribution is 5.97. The van der Waals surface area contributed by atoms with Gasteiger partial charge in [0.25, 0.3) is 5.91 Å². The number of carbonyl (C=O) groups excluding carboxylic acids is 1. The zero-order valence-corrected chi connectivity index (χ0v) is 12.8. The minimum Gasteiger partial charge on any atom is -0.496 e. The number of hydrogen-bond donors (Lipinski definition) is 0. The van der Waals surface area contributed by atoms with Gasteiger partial charge in [-0.05, 0) is 12.1 Å². The first-order valence-electron chi connectivity index (χ1n) is 7.30. The SMILES string of the molecule is COC[C@@]12COC[C@@H]1CN(C(=O)c1c(F)cccc1OC)C2. The molecule has 2 aliphatic heterocycles. The van der Waals surface area contributed by atoms with Crippen LogP contribution in [0.5, 0.6) is 5.75 Å². The summed E-state index contributed by atoms with van der Waals surface area (Å²) >= 11 is 0. The van der Waals surface area contributed by atoms with Gasteiger partial charge in [-0.15, -0.1) is 0 Å². The van der Waals surface area contributed by atoms with Crippen LogP contribution in [-0.2, 0) is 9.47 Å². The van der Waals surface area contributed by atoms with Crippen molar-refractivity contribution in [3.8, 4) is 5.75 Å². The van der Waals surface area contributed by atoms with E-state index in [1.165, 1.54) is 19.2 Å². The number of benzene rings is 1. The molecule has 1 aromatic carbocycles. The fourth-order valence-electron chi connectivity index (χ4n) is 3.52. The predicted molar refractivity (Wildman–Crippen MR) is 77.5 cm³/mol. The van der Waals surface area contributed by atoms with Gasteiger partial charge in [-0.25, -0.2) is 4.39 Å². The lowest BCUT2D eigenvalue weighted by molar-refractivity contribution is 0.0486. The molecule has 6 heteroatoms. The zero-order chi connectivity index (χ0) is 15.7. The molecule has 0 bridgehead atoms. The van der Waals surface area contributed by atoms with E-state index < -0.39 is 5.82 Å². The lowest BCUT2D eigenvalue weighted by Gasteiger charge is -2.26. The van der Waals surface area contributed by atoms with Crippen molar-refractivity contribution >= 4 is 5.91 Å². The maximum atomic E-state index is 14.1. The molecule has 0 aliphatic carbocycles. The highest BCUT2D eigenvalue weighted by Gasteiger charge is 2.52. The first-order valence-corrected chi connectivity index (χ1v) is 7.30. The van der Waals surface area contributed by atoms with E-state index in [2.05, 4.69) is 0 Å². The molecule has 0 aromatic heterocycles. The Bertz CT molecular complexity index is 579. The minimum absolute atomic E-state index is 0.00143. The van der Waals surface area contributed by atoms with E-state index in [9.17, 15) is 9.18 Å². The second kappa shape index (κ2) is 5.85. The molecule has 3 rings (SSSR count). The molecule has 22 heavy (non-hydrogen) atoms. The van der Waals surface area contributed by atoms with E-state index in [0.717, 1.165) is 0 Å². The van der Waals surface area contributed by atoms with Gasteiger partial charge in [0.1, 0.15) is 17.1 Å². The predicted octanol–water partition coefficient (Wildman–Crippen LogP) is 1.57. The van der Waals surface area contributed by atoms with Gasteiger partial charge in [0.05, 0.1) is 26.9 Å². The number of amides is 1. The van der Waals surface area contributed by atoms with Crippen LogP contribution >= 0.6 is 0 Å². The van der Waals surface area contributed by atoms with Crippen molar-refractivity contribution in [1.82, 2.24) is 4.90 Å². The monoisotopic (exact) mass is 309 g/mol. The Morgan fingerprint density at radius 1 is 1.50 bits per heavy atom. The average molecular weight is 309 g/mol. The summed E-state index contributed by atoms with van der Waals surface area (Å²) in [5.74, 6) is -0.397. The van der Waals surface area contributed by atoms with Crippen molar-refractivity contribution in [1.29, 1.82) is 0 Å². The molecule has 2 saturated heterocycles. The van der Waals surface area contributed by atoms with Gasteiger partial charge in [-0.3, -0.25) is 4.79 Å². The standard InChI is InChI=1S/C16H20FNO4/c1-20-9-16-8-18(6-11(16)7-22-10-16)15(19)14-12(17)4-3-5-13(14)21-2/h3-5,11H,6-10H2,1-2H3/t11-,16-/m0/s1. The number of halogens is 1. The van der Waals surface area contributed by atoms with E-state index in [-0.39, 0.29) is 28.6 Å². The van der Waals surface area contributed by atoms with Crippen molar-refractivity contribution in [2.24, 2.45) is 11.3 Å². The van der Waals surface area contributed by atoms with Gasteiger partial charge in [-0.2, -0.15) is 0 Å². The lowest BCUT2D eigenvalue weighted by atomic mass is 9.82. The Hall–Kier alpha value is -1.66. The van der Waals surface area contributed by atoms with Gasteiger partial charge in [0, 0.05) is 31.5 Å². The second-order valence-corrected chi connectivity index (χ2v) is 6.01. The second-order valence-electron chi connectivity index (χ2n) is 6.01. The van der Waals surface area contributed by atoms with Crippen LogP contribution in [0.1, 0.15) is 10.4 Å². The molecule has 0 radical (unpaired) electrons. The largest absolute Gasteiger partial charge is 0.496 e. The first-order chi connectivity index (χ1) is 10.6. The summed E-state index contributed by atoms with van der Waals surface area (Å²) in [5, 5.41) is 0. The summed E-state index contributed by atoms with van der Waals surface area (Å²) in [6.07, 6.45) is 0. The first kappa shape index (κ1) is 15.2. The summed E-state index contributed by atoms with van der Waals surface area (Å²) in [4.78, 5) is 14.4. The number of methoxy groups -OCH3 is 2. The van der Waals surface area contributed by atoms with Crippen LogP contribution in [0.3, 0.4) is 0 Å². The van der Waals surface area contributed by atoms with Crippen molar-refractivity contribution in [3.63, 3.8) is 0 Å². The van der Waals surface area contributed by atoms with Gasteiger partial charge in [0.2, 0.25) is 0 Å². The third kappa shape index (κ3) is 2.36. The van der Waals surface area contributed by atoms with Crippen molar-refractivity contribution in [2.45, 2.75) is 0 Å². The Labute approximate surface area is 128 Å². The zero-order valence-electron chi connectivity index (χ0n) is 12.8. The van der Waals surface area contributed by atoms with Crippen molar-refractivity contribution in [3.05, 3.63) is 29.6 Å². The average Bonchev–Trinajstić information content (AvgIpc) is 3.03. The van der Waals surface area contributed by atoms with E-state index in [4.69, 9.17) is 14.2 Å². The number of likely N-dealkylation sites (tertiary alicyclic amines) is 1. The molecular weight excluding hydrogens is 289 g/mol. The molecule has 2 heterocycles. The smallest absolute Gasteiger partial charge is 0.260 e. The molecular formula is C16H20FNO4. The van der Waals surface area contributed by atoms with Crippen molar-refractivity contribution in [2.75, 3.05) is 47.1 Å². The number of nitrogens with zero attached hydrogens (tertiary/aromatic N) is 1. The molecule has 0 saturated carbocycles. The van der Waals surface area contributed by atoms with E-state index in [1.54, 1.807) is 18.1 Å². The quantitative estimate of drug-likeness (QED) is 0.847. The molecule has 2 atom stereocenters. The molecule has 5 nitrogen and oxygen atoms in total. The number of hydrogen-bond acceptors (Lipinski definition) is 4. The number of fused-ring (bicyclic) bond motifs is 1. The summed E-state index contributed by atoms with van der Waals surface area (Å²) in [5.41, 5.74) is -0.179. The van der Waals surface area contributed by atoms with Crippen LogP contribution < -0.4 is 4.74 Å². The normalized spacial score (nSPS) is 27.0. The Morgan fingerprint density at radius 3 is 3.05 bits per heavy atom. The summed E-state index contributed by atoms with van der Waals surface area (Å²) in [6.45, 7) is 2.79. The Balaban J connectivity index is 1.86. The van der Waals surface area contributed by atoms with Crippen LogP contribution in [-0.4, -0.2) is 57.9 Å². The van der Waals surface area contributed by atoms with Crippen molar-refractivity contribution < 1.29 is 23.4 Å². The third-order valence-electron chi connectivity index (χ3n) is 4.65. The van der Waals surface area contributed by atoms with E-state index in [0.29, 0.717) is 32.9 Å². The van der Waals surface area contributed by atoms with Crippen LogP contribution in [0.15, 0.2) is 18.2 Å². The maximum absolute atomic E-state index is 14.1. The van der Waals surface area contributed by atoms with Gasteiger partial charge in [-0.1, -0.05) is 6.07 Å². The fourth-order valence-corrected chi connectivity index (χ4v) is 3.52. The third-order valence-corrected chi connectivity index (χ3v) is 4.65. The molecule has 2 aliphatic rings. The Kier molecular flexibility index (Phi) is 4.06. The summed E-state index contributed by atoms with van der Waals surface area (Å²) in [6, 6.07) is 4.41. The summed E-state index contributed by atoms with van der Waals surface area (Å²) in [7, 11) is 3.08. The molecule has 120 valence electrons. The lowest BCUT2D eigenvalue weighted by Crippen LogP contribution is -2.37. The van der Waals surface area contributed by atoms with Crippen LogP contribution in [0, 0.1) is 17.2 Å². The molecule has 2 fully saturated rings. The summed E-state index contributed by atoms with van der Waals surface area (Å²) < 4.78 is 30.1. The van der Waals surface area contributed by atoms with E-state index in [1.807, 2.05) is 0 Å². The Morgan fingerprint density at radius 2 is 2.32 bits per heavy atom. The van der Waals surface area contributed by atoms with Gasteiger partial charge in [0.15, 0.2) is 0 Å². The van der Waals surface area contributed by atoms with Crippen LogP contribution in [0.4, 0.5) is 4.39 Å². The minimum atomic E-state index is -0.557. The van der Waals surface area contributed by atoms with E-state index >= 15 is 0 Å². The van der Waals surface area contributed by atoms with Crippen LogP contribution in [0.25, 0.3) is 0 Å². The number of rotatable bonds is 4. The highest BCUT2D eigenvalue weighted by Crippen LogP contribution is 2.42. The maximum Gasteiger partial charge on any atom is 0.260 e. The number of ether oxygens (including phenoxy) is 3. The van der Waals surface area contributed by atoms with Crippen LogP contribution in [0.2, 0.25) is 0 Å².